The van der Waals surface area contributed by atoms with Gasteiger partial charge in [0.2, 0.25) is 5.91 Å². The second-order valence-electron chi connectivity index (χ2n) is 4.87. The largest absolute Gasteiger partial charge is 0.350 e. The van der Waals surface area contributed by atoms with Gasteiger partial charge in [-0.05, 0) is 13.3 Å². The molecule has 0 fully saturated rings. The predicted octanol–water partition coefficient (Wildman–Crippen LogP) is 2.61. The minimum Gasteiger partial charge on any atom is -0.350 e. The second-order valence-corrected chi connectivity index (χ2v) is 6.67. The van der Waals surface area contributed by atoms with E-state index in [1.54, 1.807) is 29.9 Å². The summed E-state index contributed by atoms with van der Waals surface area (Å²) in [7, 11) is 0. The Labute approximate surface area is 141 Å². The maximum absolute atomic E-state index is 11.9. The molecule has 0 radical (unpaired) electrons. The van der Waals surface area contributed by atoms with Crippen molar-refractivity contribution in [2.45, 2.75) is 26.3 Å². The Balaban J connectivity index is 1.50. The van der Waals surface area contributed by atoms with Crippen LogP contribution < -0.4 is 5.32 Å². The fourth-order valence-electron chi connectivity index (χ4n) is 1.99. The van der Waals surface area contributed by atoms with Crippen LogP contribution in [-0.4, -0.2) is 25.8 Å². The van der Waals surface area contributed by atoms with Crippen LogP contribution >= 0.6 is 22.7 Å². The van der Waals surface area contributed by atoms with Crippen molar-refractivity contribution in [1.82, 2.24) is 25.3 Å². The quantitative estimate of drug-likeness (QED) is 0.743. The predicted molar refractivity (Wildman–Crippen MR) is 90.2 cm³/mol. The summed E-state index contributed by atoms with van der Waals surface area (Å²) in [6, 6.07) is 0. The first-order valence-electron chi connectivity index (χ1n) is 7.09. The van der Waals surface area contributed by atoms with E-state index in [1.165, 1.54) is 16.2 Å². The maximum atomic E-state index is 11.9. The molecule has 8 heteroatoms. The van der Waals surface area contributed by atoms with Gasteiger partial charge in [0.25, 0.3) is 0 Å². The standard InChI is InChI=1S/C15H15N5OS2/c1-10-13(23-9-19-10)2-3-14(21)18-6-11-8-22-15(20-11)12-7-16-4-5-17-12/h4-5,7-9H,2-3,6H2,1H3,(H,18,21). The first-order chi connectivity index (χ1) is 11.2. The van der Waals surface area contributed by atoms with Gasteiger partial charge in [0.1, 0.15) is 10.7 Å². The molecule has 6 nitrogen and oxygen atoms in total. The van der Waals surface area contributed by atoms with Gasteiger partial charge < -0.3 is 5.32 Å². The van der Waals surface area contributed by atoms with Crippen molar-refractivity contribution < 1.29 is 4.79 Å². The molecule has 0 atom stereocenters. The van der Waals surface area contributed by atoms with Crippen LogP contribution in [0.15, 0.2) is 29.5 Å². The monoisotopic (exact) mass is 345 g/mol. The molecule has 0 aromatic carbocycles. The zero-order valence-corrected chi connectivity index (χ0v) is 14.2. The Morgan fingerprint density at radius 3 is 2.91 bits per heavy atom. The fraction of sp³-hybridized carbons (Fsp3) is 0.267. The summed E-state index contributed by atoms with van der Waals surface area (Å²) in [5.41, 5.74) is 4.40. The van der Waals surface area contributed by atoms with Crippen LogP contribution in [0.2, 0.25) is 0 Å². The highest BCUT2D eigenvalue weighted by Gasteiger charge is 2.09. The number of hydrogen-bond donors (Lipinski definition) is 1. The van der Waals surface area contributed by atoms with Gasteiger partial charge in [-0.1, -0.05) is 0 Å². The molecular weight excluding hydrogens is 330 g/mol. The molecule has 0 aliphatic rings. The number of hydrogen-bond acceptors (Lipinski definition) is 7. The summed E-state index contributed by atoms with van der Waals surface area (Å²) in [6.07, 6.45) is 6.13. The summed E-state index contributed by atoms with van der Waals surface area (Å²) >= 11 is 3.09. The molecule has 0 aliphatic carbocycles. The van der Waals surface area contributed by atoms with Gasteiger partial charge in [-0.2, -0.15) is 0 Å². The number of carbonyl (C=O) groups is 1. The van der Waals surface area contributed by atoms with E-state index in [0.717, 1.165) is 28.5 Å². The van der Waals surface area contributed by atoms with Crippen LogP contribution in [0.25, 0.3) is 10.7 Å². The zero-order chi connectivity index (χ0) is 16.1. The van der Waals surface area contributed by atoms with Crippen molar-refractivity contribution in [3.8, 4) is 10.7 Å². The lowest BCUT2D eigenvalue weighted by Crippen LogP contribution is -2.23. The van der Waals surface area contributed by atoms with Crippen molar-refractivity contribution in [3.05, 3.63) is 45.7 Å². The Morgan fingerprint density at radius 1 is 1.26 bits per heavy atom. The Hall–Kier alpha value is -2.19. The summed E-state index contributed by atoms with van der Waals surface area (Å²) in [6.45, 7) is 2.39. The van der Waals surface area contributed by atoms with Crippen LogP contribution in [0.3, 0.4) is 0 Å². The lowest BCUT2D eigenvalue weighted by Gasteiger charge is -2.02. The van der Waals surface area contributed by atoms with Crippen molar-refractivity contribution in [2.75, 3.05) is 0 Å². The van der Waals surface area contributed by atoms with E-state index in [1.807, 2.05) is 17.8 Å². The van der Waals surface area contributed by atoms with Crippen LogP contribution in [0, 0.1) is 6.92 Å². The molecule has 0 unspecified atom stereocenters. The van der Waals surface area contributed by atoms with Crippen molar-refractivity contribution in [2.24, 2.45) is 0 Å². The van der Waals surface area contributed by atoms with Crippen LogP contribution in [0.5, 0.6) is 0 Å². The van der Waals surface area contributed by atoms with E-state index in [-0.39, 0.29) is 5.91 Å². The van der Waals surface area contributed by atoms with Crippen molar-refractivity contribution in [1.29, 1.82) is 0 Å². The average molecular weight is 345 g/mol. The van der Waals surface area contributed by atoms with Crippen LogP contribution in [0.1, 0.15) is 22.7 Å². The summed E-state index contributed by atoms with van der Waals surface area (Å²) in [5.74, 6) is 0.0202. The summed E-state index contributed by atoms with van der Waals surface area (Å²) < 4.78 is 0. The van der Waals surface area contributed by atoms with Crippen molar-refractivity contribution >= 4 is 28.6 Å². The number of aryl methyl sites for hydroxylation is 2. The van der Waals surface area contributed by atoms with Gasteiger partial charge in [0, 0.05) is 29.1 Å². The molecule has 1 amide bonds. The lowest BCUT2D eigenvalue weighted by molar-refractivity contribution is -0.121. The Bertz CT molecular complexity index is 784. The Kier molecular flexibility index (Phi) is 5.04. The number of nitrogens with zero attached hydrogens (tertiary/aromatic N) is 4. The number of carbonyl (C=O) groups excluding carboxylic acids is 1. The van der Waals surface area contributed by atoms with E-state index in [9.17, 15) is 4.79 Å². The van der Waals surface area contributed by atoms with Gasteiger partial charge in [0.15, 0.2) is 0 Å². The molecular formula is C15H15N5OS2. The van der Waals surface area contributed by atoms with E-state index in [0.29, 0.717) is 13.0 Å². The third-order valence-corrected chi connectivity index (χ3v) is 5.13. The third kappa shape index (κ3) is 4.17. The smallest absolute Gasteiger partial charge is 0.220 e. The minimum absolute atomic E-state index is 0.0202. The number of aromatic nitrogens is 4. The number of nitrogens with one attached hydrogen (secondary N) is 1. The van der Waals surface area contributed by atoms with Gasteiger partial charge in [-0.25, -0.2) is 9.97 Å². The normalized spacial score (nSPS) is 10.7. The van der Waals surface area contributed by atoms with E-state index >= 15 is 0 Å². The summed E-state index contributed by atoms with van der Waals surface area (Å²) in [5, 5.41) is 5.64. The van der Waals surface area contributed by atoms with Crippen LogP contribution in [-0.2, 0) is 17.8 Å². The maximum Gasteiger partial charge on any atom is 0.220 e. The minimum atomic E-state index is 0.0202. The molecule has 0 saturated heterocycles. The van der Waals surface area contributed by atoms with Gasteiger partial charge in [0.05, 0.1) is 29.6 Å². The number of amides is 1. The highest BCUT2D eigenvalue weighted by atomic mass is 32.1. The highest BCUT2D eigenvalue weighted by Crippen LogP contribution is 2.20. The zero-order valence-electron chi connectivity index (χ0n) is 12.5. The summed E-state index contributed by atoms with van der Waals surface area (Å²) in [4.78, 5) is 30.0. The van der Waals surface area contributed by atoms with Gasteiger partial charge >= 0.3 is 0 Å². The van der Waals surface area contributed by atoms with Gasteiger partial charge in [-0.15, -0.1) is 22.7 Å². The molecule has 0 saturated carbocycles. The molecule has 3 aromatic rings. The lowest BCUT2D eigenvalue weighted by atomic mass is 10.2. The molecule has 3 rings (SSSR count). The fourth-order valence-corrected chi connectivity index (χ4v) is 3.55. The van der Waals surface area contributed by atoms with E-state index in [2.05, 4.69) is 25.3 Å². The molecule has 3 heterocycles. The highest BCUT2D eigenvalue weighted by molar-refractivity contribution is 7.13. The molecule has 23 heavy (non-hydrogen) atoms. The van der Waals surface area contributed by atoms with E-state index < -0.39 is 0 Å². The number of thiazole rings is 2. The molecule has 3 aromatic heterocycles. The first-order valence-corrected chi connectivity index (χ1v) is 8.85. The molecule has 1 N–H and O–H groups in total. The SMILES string of the molecule is Cc1ncsc1CCC(=O)NCc1csc(-c2cnccn2)n1. The Morgan fingerprint density at radius 2 is 2.17 bits per heavy atom. The van der Waals surface area contributed by atoms with E-state index in [4.69, 9.17) is 0 Å². The van der Waals surface area contributed by atoms with Crippen molar-refractivity contribution in [3.63, 3.8) is 0 Å². The second kappa shape index (κ2) is 7.38. The van der Waals surface area contributed by atoms with Crippen LogP contribution in [0.4, 0.5) is 0 Å². The first kappa shape index (κ1) is 15.7. The molecule has 0 bridgehead atoms. The topological polar surface area (TPSA) is 80.7 Å². The molecule has 0 aliphatic heterocycles. The third-order valence-electron chi connectivity index (χ3n) is 3.22. The molecule has 118 valence electrons. The average Bonchev–Trinajstić information content (AvgIpc) is 3.21. The molecule has 0 spiro atoms. The van der Waals surface area contributed by atoms with Gasteiger partial charge in [-0.3, -0.25) is 14.8 Å². The number of rotatable bonds is 6.